The molecule has 210 valence electrons. The number of carbonyl (C=O) groups excluding carboxylic acids is 2. The van der Waals surface area contributed by atoms with Crippen molar-refractivity contribution in [3.63, 3.8) is 0 Å². The first kappa shape index (κ1) is 27.8. The number of fused-ring (bicyclic) bond motifs is 1. The summed E-state index contributed by atoms with van der Waals surface area (Å²) in [6, 6.07) is 16.6. The minimum Gasteiger partial charge on any atom is -0.484 e. The van der Waals surface area contributed by atoms with Gasteiger partial charge in [-0.15, -0.1) is 10.2 Å². The van der Waals surface area contributed by atoms with E-state index in [0.29, 0.717) is 63.3 Å². The Balaban J connectivity index is 1.58. The molecule has 0 spiro atoms. The standard InChI is InChI=1S/C32H30FN3O5/c1-18(2)5-11-27(37)23-13-22(14-25(15-23)39-17-29-36-35-19(3)40-29)21-8-12-28-26(16-21)30(32(38)34-4)31(41-28)20-6-9-24(33)10-7-20/h6-10,12-16,18H,5,11,17H2,1-4H3,(H,34,38). The molecule has 3 aromatic carbocycles. The van der Waals surface area contributed by atoms with E-state index < -0.39 is 0 Å². The highest BCUT2D eigenvalue weighted by Crippen LogP contribution is 2.37. The van der Waals surface area contributed by atoms with Crippen molar-refractivity contribution in [2.24, 2.45) is 5.92 Å². The highest BCUT2D eigenvalue weighted by Gasteiger charge is 2.22. The molecule has 0 aliphatic rings. The van der Waals surface area contributed by atoms with Crippen molar-refractivity contribution in [1.29, 1.82) is 0 Å². The second-order valence-corrected chi connectivity index (χ2v) is 10.2. The number of Topliss-reactive ketones (excluding diaryl/α,β-unsaturated/α-hetero) is 1. The molecule has 0 aliphatic carbocycles. The number of ketones is 1. The van der Waals surface area contributed by atoms with E-state index in [1.165, 1.54) is 12.1 Å². The predicted molar refractivity (Wildman–Crippen MR) is 152 cm³/mol. The first-order valence-corrected chi connectivity index (χ1v) is 13.4. The molecule has 2 aromatic heterocycles. The number of halogens is 1. The molecule has 0 saturated heterocycles. The molecular formula is C32H30FN3O5. The number of amides is 1. The zero-order chi connectivity index (χ0) is 29.1. The molecule has 1 N–H and O–H groups in total. The number of hydrogen-bond acceptors (Lipinski definition) is 7. The number of aryl methyl sites for hydroxylation is 1. The molecule has 5 rings (SSSR count). The maximum Gasteiger partial charge on any atom is 0.255 e. The third-order valence-corrected chi connectivity index (χ3v) is 6.69. The third kappa shape index (κ3) is 6.19. The maximum absolute atomic E-state index is 13.6. The van der Waals surface area contributed by atoms with Crippen LogP contribution in [-0.4, -0.2) is 28.9 Å². The molecule has 0 atom stereocenters. The van der Waals surface area contributed by atoms with Crippen molar-refractivity contribution < 1.29 is 27.6 Å². The van der Waals surface area contributed by atoms with Gasteiger partial charge < -0.3 is 18.9 Å². The number of benzene rings is 3. The van der Waals surface area contributed by atoms with Gasteiger partial charge in [0.25, 0.3) is 11.8 Å². The van der Waals surface area contributed by atoms with E-state index in [9.17, 15) is 14.0 Å². The van der Waals surface area contributed by atoms with Gasteiger partial charge in [0.1, 0.15) is 22.9 Å². The lowest BCUT2D eigenvalue weighted by Gasteiger charge is -2.11. The van der Waals surface area contributed by atoms with Gasteiger partial charge in [-0.1, -0.05) is 19.9 Å². The molecule has 0 radical (unpaired) electrons. The summed E-state index contributed by atoms with van der Waals surface area (Å²) in [4.78, 5) is 26.2. The van der Waals surface area contributed by atoms with Crippen LogP contribution < -0.4 is 10.1 Å². The number of aromatic nitrogens is 2. The summed E-state index contributed by atoms with van der Waals surface area (Å²) >= 11 is 0. The van der Waals surface area contributed by atoms with Gasteiger partial charge in [0.15, 0.2) is 12.4 Å². The summed E-state index contributed by atoms with van der Waals surface area (Å²) in [5.41, 5.74) is 3.41. The second-order valence-electron chi connectivity index (χ2n) is 10.2. The van der Waals surface area contributed by atoms with Crippen molar-refractivity contribution in [2.45, 2.75) is 40.2 Å². The van der Waals surface area contributed by atoms with Gasteiger partial charge in [-0.3, -0.25) is 9.59 Å². The first-order valence-electron chi connectivity index (χ1n) is 13.4. The van der Waals surface area contributed by atoms with Crippen molar-refractivity contribution >= 4 is 22.7 Å². The lowest BCUT2D eigenvalue weighted by Crippen LogP contribution is -2.18. The zero-order valence-corrected chi connectivity index (χ0v) is 23.3. The smallest absolute Gasteiger partial charge is 0.255 e. The summed E-state index contributed by atoms with van der Waals surface area (Å²) in [6.45, 7) is 5.90. The molecule has 2 heterocycles. The Labute approximate surface area is 236 Å². The van der Waals surface area contributed by atoms with E-state index in [2.05, 4.69) is 29.4 Å². The molecule has 0 aliphatic heterocycles. The van der Waals surface area contributed by atoms with Crippen molar-refractivity contribution in [1.82, 2.24) is 15.5 Å². The fraction of sp³-hybridized carbons (Fsp3) is 0.250. The van der Waals surface area contributed by atoms with Crippen LogP contribution >= 0.6 is 0 Å². The topological polar surface area (TPSA) is 107 Å². The number of carbonyl (C=O) groups is 2. The van der Waals surface area contributed by atoms with Gasteiger partial charge in [-0.05, 0) is 78.1 Å². The van der Waals surface area contributed by atoms with E-state index in [0.717, 1.165) is 17.5 Å². The Morgan fingerprint density at radius 1 is 0.951 bits per heavy atom. The maximum atomic E-state index is 13.6. The minimum atomic E-state index is -0.385. The summed E-state index contributed by atoms with van der Waals surface area (Å²) in [7, 11) is 1.54. The van der Waals surface area contributed by atoms with Crippen molar-refractivity contribution in [3.8, 4) is 28.2 Å². The minimum absolute atomic E-state index is 0.00747. The Kier molecular flexibility index (Phi) is 7.96. The Morgan fingerprint density at radius 3 is 2.39 bits per heavy atom. The lowest BCUT2D eigenvalue weighted by atomic mass is 9.96. The molecule has 0 saturated carbocycles. The molecule has 5 aromatic rings. The molecule has 0 unspecified atom stereocenters. The second kappa shape index (κ2) is 11.8. The highest BCUT2D eigenvalue weighted by atomic mass is 19.1. The SMILES string of the molecule is CNC(=O)c1c(-c2ccc(F)cc2)oc2ccc(-c3cc(OCc4nnc(C)o4)cc(C(=O)CCC(C)C)c3)cc12. The van der Waals surface area contributed by atoms with E-state index in [1.54, 1.807) is 38.2 Å². The van der Waals surface area contributed by atoms with E-state index >= 15 is 0 Å². The van der Waals surface area contributed by atoms with Crippen LogP contribution in [0.3, 0.4) is 0 Å². The van der Waals surface area contributed by atoms with Crippen LogP contribution in [0.1, 0.15) is 59.2 Å². The van der Waals surface area contributed by atoms with E-state index in [4.69, 9.17) is 13.6 Å². The Hall–Kier alpha value is -4.79. The average molecular weight is 556 g/mol. The molecular weight excluding hydrogens is 525 g/mol. The van der Waals surface area contributed by atoms with Gasteiger partial charge >= 0.3 is 0 Å². The molecule has 9 heteroatoms. The highest BCUT2D eigenvalue weighted by molar-refractivity contribution is 6.12. The number of hydrogen-bond donors (Lipinski definition) is 1. The summed E-state index contributed by atoms with van der Waals surface area (Å²) in [5, 5.41) is 11.1. The molecule has 0 fully saturated rings. The van der Waals surface area contributed by atoms with Crippen LogP contribution in [0.25, 0.3) is 33.4 Å². The normalized spacial score (nSPS) is 11.3. The molecule has 1 amide bonds. The van der Waals surface area contributed by atoms with E-state index in [-0.39, 0.29) is 24.1 Å². The van der Waals surface area contributed by atoms with Gasteiger partial charge in [-0.25, -0.2) is 4.39 Å². The van der Waals surface area contributed by atoms with Crippen LogP contribution in [-0.2, 0) is 6.61 Å². The van der Waals surface area contributed by atoms with E-state index in [1.807, 2.05) is 24.3 Å². The third-order valence-electron chi connectivity index (χ3n) is 6.69. The van der Waals surface area contributed by atoms with Crippen molar-refractivity contribution in [3.05, 3.63) is 89.4 Å². The van der Waals surface area contributed by atoms with Crippen LogP contribution in [0, 0.1) is 18.7 Å². The van der Waals surface area contributed by atoms with Gasteiger partial charge in [0, 0.05) is 36.9 Å². The zero-order valence-electron chi connectivity index (χ0n) is 23.3. The van der Waals surface area contributed by atoms with Gasteiger partial charge in [0.05, 0.1) is 5.56 Å². The molecule has 8 nitrogen and oxygen atoms in total. The first-order chi connectivity index (χ1) is 19.7. The largest absolute Gasteiger partial charge is 0.484 e. The number of rotatable bonds is 10. The summed E-state index contributed by atoms with van der Waals surface area (Å²) < 4.78 is 31.0. The monoisotopic (exact) mass is 555 g/mol. The fourth-order valence-corrected chi connectivity index (χ4v) is 4.55. The van der Waals surface area contributed by atoms with Crippen LogP contribution in [0.2, 0.25) is 0 Å². The Bertz CT molecular complexity index is 1720. The average Bonchev–Trinajstić information content (AvgIpc) is 3.57. The number of ether oxygens (including phenoxy) is 1. The quantitative estimate of drug-likeness (QED) is 0.182. The number of nitrogens with zero attached hydrogens (tertiary/aromatic N) is 2. The lowest BCUT2D eigenvalue weighted by molar-refractivity contribution is 0.0960. The van der Waals surface area contributed by atoms with Crippen molar-refractivity contribution in [2.75, 3.05) is 7.05 Å². The number of furan rings is 1. The summed E-state index contributed by atoms with van der Waals surface area (Å²) in [6.07, 6.45) is 1.18. The van der Waals surface area contributed by atoms with Crippen LogP contribution in [0.5, 0.6) is 5.75 Å². The number of nitrogens with one attached hydrogen (secondary N) is 1. The molecule has 0 bridgehead atoms. The summed E-state index contributed by atoms with van der Waals surface area (Å²) in [5.74, 6) is 1.24. The predicted octanol–water partition coefficient (Wildman–Crippen LogP) is 7.15. The van der Waals surface area contributed by atoms with Crippen LogP contribution in [0.4, 0.5) is 4.39 Å². The van der Waals surface area contributed by atoms with Gasteiger partial charge in [0.2, 0.25) is 5.89 Å². The van der Waals surface area contributed by atoms with Crippen LogP contribution in [0.15, 0.2) is 69.5 Å². The fourth-order valence-electron chi connectivity index (χ4n) is 4.55. The molecule has 41 heavy (non-hydrogen) atoms. The Morgan fingerprint density at radius 2 is 1.71 bits per heavy atom. The van der Waals surface area contributed by atoms with Gasteiger partial charge in [-0.2, -0.15) is 0 Å².